The largest absolute Gasteiger partial charge is 0.481 e. The molecule has 3 atom stereocenters. The summed E-state index contributed by atoms with van der Waals surface area (Å²) >= 11 is 7.70. The summed E-state index contributed by atoms with van der Waals surface area (Å²) in [7, 11) is 0. The quantitative estimate of drug-likeness (QED) is 0.473. The number of carbonyl (C=O) groups excluding carboxylic acids is 1. The molecule has 1 saturated carbocycles. The van der Waals surface area contributed by atoms with Gasteiger partial charge in [0, 0.05) is 29.3 Å². The van der Waals surface area contributed by atoms with E-state index in [2.05, 4.69) is 11.6 Å². The van der Waals surface area contributed by atoms with Crippen LogP contribution < -0.4 is 4.72 Å². The molecule has 7 heteroatoms. The number of amides is 1. The molecule has 2 fully saturated rings. The van der Waals surface area contributed by atoms with Crippen LogP contribution in [-0.4, -0.2) is 40.2 Å². The van der Waals surface area contributed by atoms with Crippen LogP contribution in [0.1, 0.15) is 50.6 Å². The fraction of sp³-hybridized carbons (Fsp3) is 0.600. The van der Waals surface area contributed by atoms with Crippen molar-refractivity contribution < 1.29 is 14.7 Å². The fourth-order valence-electron chi connectivity index (χ4n) is 4.01. The molecule has 1 heterocycles. The SMILES string of the molecule is CCSNCC(C1CC1)N1C(=O)[C@@H](CC(=O)O)CC[C@H]1c1ccc(Cl)cc1. The molecule has 1 aliphatic carbocycles. The van der Waals surface area contributed by atoms with Gasteiger partial charge in [0.1, 0.15) is 0 Å². The van der Waals surface area contributed by atoms with E-state index in [4.69, 9.17) is 11.6 Å². The molecule has 1 unspecified atom stereocenters. The van der Waals surface area contributed by atoms with Crippen LogP contribution in [0.2, 0.25) is 5.02 Å². The number of rotatable bonds is 9. The Balaban J connectivity index is 1.87. The first kappa shape index (κ1) is 20.5. The van der Waals surface area contributed by atoms with Crippen LogP contribution in [0, 0.1) is 11.8 Å². The van der Waals surface area contributed by atoms with E-state index in [1.165, 1.54) is 0 Å². The second-order valence-corrected chi connectivity index (χ2v) is 8.96. The van der Waals surface area contributed by atoms with Crippen molar-refractivity contribution in [2.75, 3.05) is 12.3 Å². The minimum atomic E-state index is -0.902. The Morgan fingerprint density at radius 2 is 2.00 bits per heavy atom. The number of nitrogens with one attached hydrogen (secondary N) is 1. The third-order valence-corrected chi connectivity index (χ3v) is 6.38. The zero-order chi connectivity index (χ0) is 19.4. The van der Waals surface area contributed by atoms with Gasteiger partial charge in [-0.05, 0) is 49.3 Å². The molecule has 1 amide bonds. The zero-order valence-corrected chi connectivity index (χ0v) is 17.1. The molecule has 5 nitrogen and oxygen atoms in total. The Bertz CT molecular complexity index is 666. The number of benzene rings is 1. The number of piperidine rings is 1. The van der Waals surface area contributed by atoms with Crippen LogP contribution in [0.15, 0.2) is 24.3 Å². The van der Waals surface area contributed by atoms with Crippen molar-refractivity contribution in [3.8, 4) is 0 Å². The Hall–Kier alpha value is -1.24. The molecule has 0 radical (unpaired) electrons. The summed E-state index contributed by atoms with van der Waals surface area (Å²) in [5.41, 5.74) is 1.08. The lowest BCUT2D eigenvalue weighted by Crippen LogP contribution is -2.53. The minimum absolute atomic E-state index is 0.0104. The third-order valence-electron chi connectivity index (χ3n) is 5.47. The monoisotopic (exact) mass is 410 g/mol. The minimum Gasteiger partial charge on any atom is -0.481 e. The molecule has 0 bridgehead atoms. The van der Waals surface area contributed by atoms with Crippen molar-refractivity contribution in [2.24, 2.45) is 11.8 Å². The van der Waals surface area contributed by atoms with E-state index in [1.54, 1.807) is 11.9 Å². The maximum absolute atomic E-state index is 13.3. The van der Waals surface area contributed by atoms with Crippen molar-refractivity contribution in [3.05, 3.63) is 34.9 Å². The summed E-state index contributed by atoms with van der Waals surface area (Å²) in [5.74, 6) is 0.126. The number of likely N-dealkylation sites (tertiary alicyclic amines) is 1. The number of hydrogen-bond donors (Lipinski definition) is 2. The van der Waals surface area contributed by atoms with Crippen LogP contribution in [-0.2, 0) is 9.59 Å². The molecule has 2 aliphatic rings. The molecule has 0 spiro atoms. The van der Waals surface area contributed by atoms with Crippen LogP contribution in [0.5, 0.6) is 0 Å². The van der Waals surface area contributed by atoms with Gasteiger partial charge in [0.15, 0.2) is 0 Å². The van der Waals surface area contributed by atoms with E-state index in [0.717, 1.165) is 37.1 Å². The van der Waals surface area contributed by atoms with E-state index in [1.807, 2.05) is 29.2 Å². The van der Waals surface area contributed by atoms with Crippen LogP contribution in [0.25, 0.3) is 0 Å². The molecule has 27 heavy (non-hydrogen) atoms. The molecule has 1 saturated heterocycles. The van der Waals surface area contributed by atoms with E-state index >= 15 is 0 Å². The standard InChI is InChI=1S/C20H27ClN2O3S/c1-2-27-22-12-18(14-3-4-14)23-17(13-5-8-16(21)9-6-13)10-7-15(20(23)26)11-19(24)25/h5-6,8-9,14-15,17-18,22H,2-4,7,10-12H2,1H3,(H,24,25)/t15-,17+,18?/m1/s1. The normalized spacial score (nSPS) is 24.1. The number of hydrogen-bond acceptors (Lipinski definition) is 4. The predicted molar refractivity (Wildman–Crippen MR) is 109 cm³/mol. The maximum atomic E-state index is 13.3. The fourth-order valence-corrected chi connectivity index (χ4v) is 4.63. The number of halogens is 1. The molecule has 148 valence electrons. The summed E-state index contributed by atoms with van der Waals surface area (Å²) in [6.45, 7) is 2.83. The first-order valence-corrected chi connectivity index (χ1v) is 11.0. The zero-order valence-electron chi connectivity index (χ0n) is 15.6. The Kier molecular flexibility index (Phi) is 7.06. The van der Waals surface area contributed by atoms with E-state index in [9.17, 15) is 14.7 Å². The molecule has 2 N–H and O–H groups in total. The second-order valence-electron chi connectivity index (χ2n) is 7.37. The van der Waals surface area contributed by atoms with Gasteiger partial charge in [-0.1, -0.05) is 42.6 Å². The summed E-state index contributed by atoms with van der Waals surface area (Å²) in [6, 6.07) is 7.79. The Morgan fingerprint density at radius 1 is 1.30 bits per heavy atom. The molecule has 1 aromatic carbocycles. The first-order chi connectivity index (χ1) is 13.0. The van der Waals surface area contributed by atoms with Crippen molar-refractivity contribution in [3.63, 3.8) is 0 Å². The van der Waals surface area contributed by atoms with E-state index < -0.39 is 11.9 Å². The highest BCUT2D eigenvalue weighted by molar-refractivity contribution is 7.97. The summed E-state index contributed by atoms with van der Waals surface area (Å²) in [6.07, 6.45) is 3.57. The van der Waals surface area contributed by atoms with Gasteiger partial charge in [0.2, 0.25) is 5.91 Å². The van der Waals surface area contributed by atoms with E-state index in [-0.39, 0.29) is 24.4 Å². The molecule has 1 aliphatic heterocycles. The lowest BCUT2D eigenvalue weighted by molar-refractivity contribution is -0.151. The summed E-state index contributed by atoms with van der Waals surface area (Å²) in [5, 5.41) is 9.89. The number of nitrogens with zero attached hydrogens (tertiary/aromatic N) is 1. The molecule has 0 aromatic heterocycles. The second kappa shape index (κ2) is 9.30. The highest BCUT2D eigenvalue weighted by atomic mass is 35.5. The number of aliphatic carboxylic acids is 1. The van der Waals surface area contributed by atoms with Crippen LogP contribution in [0.4, 0.5) is 0 Å². The highest BCUT2D eigenvalue weighted by Crippen LogP contribution is 2.43. The Morgan fingerprint density at radius 3 is 2.59 bits per heavy atom. The van der Waals surface area contributed by atoms with Crippen LogP contribution >= 0.6 is 23.5 Å². The van der Waals surface area contributed by atoms with Crippen molar-refractivity contribution in [2.45, 2.75) is 51.1 Å². The average molecular weight is 411 g/mol. The summed E-state index contributed by atoms with van der Waals surface area (Å²) < 4.78 is 3.40. The number of carboxylic acid groups (broad SMARTS) is 1. The van der Waals surface area contributed by atoms with E-state index in [0.29, 0.717) is 17.4 Å². The van der Waals surface area contributed by atoms with Gasteiger partial charge >= 0.3 is 5.97 Å². The summed E-state index contributed by atoms with van der Waals surface area (Å²) in [4.78, 5) is 26.6. The average Bonchev–Trinajstić information content (AvgIpc) is 3.47. The van der Waals surface area contributed by atoms with Gasteiger partial charge in [-0.25, -0.2) is 0 Å². The first-order valence-electron chi connectivity index (χ1n) is 9.65. The molecular weight excluding hydrogens is 384 g/mol. The predicted octanol–water partition coefficient (Wildman–Crippen LogP) is 4.13. The molecular formula is C20H27ClN2O3S. The lowest BCUT2D eigenvalue weighted by atomic mass is 9.84. The van der Waals surface area contributed by atoms with Gasteiger partial charge in [-0.3, -0.25) is 14.3 Å². The smallest absolute Gasteiger partial charge is 0.304 e. The maximum Gasteiger partial charge on any atom is 0.304 e. The van der Waals surface area contributed by atoms with Crippen molar-refractivity contribution in [1.29, 1.82) is 0 Å². The Labute approximate surface area is 170 Å². The van der Waals surface area contributed by atoms with Gasteiger partial charge in [-0.15, -0.1) is 0 Å². The topological polar surface area (TPSA) is 69.6 Å². The number of carboxylic acids is 1. The molecule has 3 rings (SSSR count). The van der Waals surface area contributed by atoms with Crippen molar-refractivity contribution >= 4 is 35.4 Å². The van der Waals surface area contributed by atoms with Gasteiger partial charge in [-0.2, -0.15) is 0 Å². The van der Waals surface area contributed by atoms with Crippen LogP contribution in [0.3, 0.4) is 0 Å². The van der Waals surface area contributed by atoms with Gasteiger partial charge in [0.25, 0.3) is 0 Å². The lowest BCUT2D eigenvalue weighted by Gasteiger charge is -2.44. The third kappa shape index (κ3) is 5.18. The van der Waals surface area contributed by atoms with Gasteiger partial charge < -0.3 is 10.0 Å². The highest BCUT2D eigenvalue weighted by Gasteiger charge is 2.45. The number of carbonyl (C=O) groups is 2. The van der Waals surface area contributed by atoms with Gasteiger partial charge in [0.05, 0.1) is 12.5 Å². The molecule has 1 aromatic rings. The van der Waals surface area contributed by atoms with Crippen molar-refractivity contribution in [1.82, 2.24) is 9.62 Å².